The second kappa shape index (κ2) is 14.1. The van der Waals surface area contributed by atoms with Crippen LogP contribution in [0.5, 0.6) is 0 Å². The summed E-state index contributed by atoms with van der Waals surface area (Å²) in [6.07, 6.45) is 4.70. The molecule has 1 saturated heterocycles. The van der Waals surface area contributed by atoms with Gasteiger partial charge in [-0.25, -0.2) is 0 Å². The van der Waals surface area contributed by atoms with Crippen molar-refractivity contribution in [2.24, 2.45) is 0 Å². The van der Waals surface area contributed by atoms with Crippen LogP contribution >= 0.6 is 0 Å². The number of hydrogen-bond donors (Lipinski definition) is 4. The van der Waals surface area contributed by atoms with Gasteiger partial charge in [-0.15, -0.1) is 0 Å². The normalized spacial score (nSPS) is 23.7. The van der Waals surface area contributed by atoms with Crippen LogP contribution in [0.15, 0.2) is 0 Å². The number of carboxylic acids is 2. The Kier molecular flexibility index (Phi) is 11.6. The maximum atomic E-state index is 12.7. The summed E-state index contributed by atoms with van der Waals surface area (Å²) in [4.78, 5) is 52.3. The molecule has 0 atom stereocenters. The number of hydrogen-bond acceptors (Lipinski definition) is 7. The van der Waals surface area contributed by atoms with Gasteiger partial charge in [-0.3, -0.25) is 33.9 Å². The Morgan fingerprint density at radius 2 is 1.03 bits per heavy atom. The molecule has 0 spiro atoms. The third-order valence-corrected chi connectivity index (χ3v) is 6.22. The molecule has 0 radical (unpaired) electrons. The molecule has 33 heavy (non-hydrogen) atoms. The molecule has 188 valence electrons. The standard InChI is InChI=1S/C22H39N5O6/c1-2-3-19(28)23-17-4-6-18(7-5-17)24-20(29)14-25-8-10-26(15-21(30)31)12-13-27(11-9-25)16-22(32)33/h17-18H,2-16H2,1H3,(H,23,28)(H,24,29)(H,30,31)(H,32,33). The Labute approximate surface area is 195 Å². The number of rotatable bonds is 10. The molecular formula is C22H39N5O6. The van der Waals surface area contributed by atoms with Gasteiger partial charge < -0.3 is 20.8 Å². The van der Waals surface area contributed by atoms with Crippen LogP contribution in [0.1, 0.15) is 45.4 Å². The van der Waals surface area contributed by atoms with E-state index in [-0.39, 0.29) is 43.5 Å². The highest BCUT2D eigenvalue weighted by molar-refractivity contribution is 5.78. The second-order valence-corrected chi connectivity index (χ2v) is 9.05. The predicted octanol–water partition coefficient (Wildman–Crippen LogP) is -0.581. The average Bonchev–Trinajstić information content (AvgIpc) is 2.81. The number of carbonyl (C=O) groups is 4. The summed E-state index contributed by atoms with van der Waals surface area (Å²) < 4.78 is 0. The zero-order chi connectivity index (χ0) is 24.2. The molecule has 1 aliphatic carbocycles. The highest BCUT2D eigenvalue weighted by atomic mass is 16.4. The van der Waals surface area contributed by atoms with Gasteiger partial charge in [-0.1, -0.05) is 6.92 Å². The number of nitrogens with one attached hydrogen (secondary N) is 2. The Bertz CT molecular complexity index is 640. The SMILES string of the molecule is CCCC(=O)NC1CCC(NC(=O)CN2CCN(CC(=O)O)CCN(CC(=O)O)CC2)CC1. The highest BCUT2D eigenvalue weighted by Crippen LogP contribution is 2.19. The second-order valence-electron chi connectivity index (χ2n) is 9.05. The Hall–Kier alpha value is -2.24. The van der Waals surface area contributed by atoms with E-state index in [2.05, 4.69) is 10.6 Å². The summed E-state index contributed by atoms with van der Waals surface area (Å²) in [6.45, 7) is 4.97. The summed E-state index contributed by atoms with van der Waals surface area (Å²) in [6, 6.07) is 0.261. The van der Waals surface area contributed by atoms with Gasteiger partial charge in [0.1, 0.15) is 0 Å². The largest absolute Gasteiger partial charge is 0.480 e. The van der Waals surface area contributed by atoms with E-state index in [4.69, 9.17) is 10.2 Å². The van der Waals surface area contributed by atoms with Crippen molar-refractivity contribution in [1.29, 1.82) is 0 Å². The molecule has 2 amide bonds. The van der Waals surface area contributed by atoms with E-state index in [9.17, 15) is 19.2 Å². The van der Waals surface area contributed by atoms with Crippen LogP contribution in [0.4, 0.5) is 0 Å². The van der Waals surface area contributed by atoms with Crippen molar-refractivity contribution >= 4 is 23.8 Å². The smallest absolute Gasteiger partial charge is 0.317 e. The molecule has 0 aromatic heterocycles. The fraction of sp³-hybridized carbons (Fsp3) is 0.818. The molecular weight excluding hydrogens is 430 g/mol. The van der Waals surface area contributed by atoms with E-state index < -0.39 is 11.9 Å². The summed E-state index contributed by atoms with van der Waals surface area (Å²) in [7, 11) is 0. The summed E-state index contributed by atoms with van der Waals surface area (Å²) in [5.41, 5.74) is 0. The lowest BCUT2D eigenvalue weighted by Crippen LogP contribution is -2.48. The first-order valence-electron chi connectivity index (χ1n) is 11.9. The fourth-order valence-corrected chi connectivity index (χ4v) is 4.43. The first-order chi connectivity index (χ1) is 15.7. The number of carboxylic acid groups (broad SMARTS) is 2. The third-order valence-electron chi connectivity index (χ3n) is 6.22. The average molecular weight is 470 g/mol. The van der Waals surface area contributed by atoms with Gasteiger partial charge in [0.05, 0.1) is 19.6 Å². The quantitative estimate of drug-likeness (QED) is 0.330. The van der Waals surface area contributed by atoms with Crippen molar-refractivity contribution in [1.82, 2.24) is 25.3 Å². The van der Waals surface area contributed by atoms with E-state index in [0.29, 0.717) is 45.7 Å². The van der Waals surface area contributed by atoms with Crippen molar-refractivity contribution in [3.63, 3.8) is 0 Å². The molecule has 2 aliphatic rings. The molecule has 0 aromatic carbocycles. The molecule has 0 unspecified atom stereocenters. The summed E-state index contributed by atoms with van der Waals surface area (Å²) >= 11 is 0. The summed E-state index contributed by atoms with van der Waals surface area (Å²) in [5, 5.41) is 24.4. The Balaban J connectivity index is 1.82. The molecule has 0 aromatic rings. The van der Waals surface area contributed by atoms with Crippen LogP contribution in [0.25, 0.3) is 0 Å². The molecule has 0 bridgehead atoms. The van der Waals surface area contributed by atoms with Gasteiger partial charge in [0.25, 0.3) is 0 Å². The topological polar surface area (TPSA) is 143 Å². The van der Waals surface area contributed by atoms with Gasteiger partial charge in [0.2, 0.25) is 11.8 Å². The zero-order valence-electron chi connectivity index (χ0n) is 19.6. The van der Waals surface area contributed by atoms with E-state index in [0.717, 1.165) is 32.1 Å². The van der Waals surface area contributed by atoms with E-state index in [1.807, 2.05) is 11.8 Å². The lowest BCUT2D eigenvalue weighted by atomic mass is 9.91. The Morgan fingerprint density at radius 1 is 0.667 bits per heavy atom. The highest BCUT2D eigenvalue weighted by Gasteiger charge is 2.25. The minimum absolute atomic E-state index is 0.0812. The molecule has 2 fully saturated rings. The molecule has 11 heteroatoms. The van der Waals surface area contributed by atoms with Crippen molar-refractivity contribution in [3.05, 3.63) is 0 Å². The molecule has 2 rings (SSSR count). The zero-order valence-corrected chi connectivity index (χ0v) is 19.6. The van der Waals surface area contributed by atoms with Gasteiger partial charge in [0.15, 0.2) is 0 Å². The van der Waals surface area contributed by atoms with E-state index in [1.54, 1.807) is 9.80 Å². The van der Waals surface area contributed by atoms with E-state index >= 15 is 0 Å². The molecule has 11 nitrogen and oxygen atoms in total. The lowest BCUT2D eigenvalue weighted by molar-refractivity contribution is -0.140. The number of carbonyl (C=O) groups excluding carboxylic acids is 2. The van der Waals surface area contributed by atoms with Crippen LogP contribution in [0.3, 0.4) is 0 Å². The van der Waals surface area contributed by atoms with Gasteiger partial charge in [-0.2, -0.15) is 0 Å². The number of nitrogens with zero attached hydrogens (tertiary/aromatic N) is 3. The van der Waals surface area contributed by atoms with Gasteiger partial charge in [0, 0.05) is 57.8 Å². The van der Waals surface area contributed by atoms with Gasteiger partial charge in [-0.05, 0) is 32.1 Å². The van der Waals surface area contributed by atoms with Crippen molar-refractivity contribution in [3.8, 4) is 0 Å². The van der Waals surface area contributed by atoms with Crippen molar-refractivity contribution in [2.45, 2.75) is 57.5 Å². The third kappa shape index (κ3) is 11.0. The minimum atomic E-state index is -0.926. The van der Waals surface area contributed by atoms with Crippen LogP contribution in [0, 0.1) is 0 Å². The first kappa shape index (κ1) is 27.0. The van der Waals surface area contributed by atoms with Crippen molar-refractivity contribution < 1.29 is 29.4 Å². The van der Waals surface area contributed by atoms with Gasteiger partial charge >= 0.3 is 11.9 Å². The van der Waals surface area contributed by atoms with Crippen LogP contribution in [-0.4, -0.2) is 120 Å². The fourth-order valence-electron chi connectivity index (χ4n) is 4.43. The summed E-state index contributed by atoms with van der Waals surface area (Å²) in [5.74, 6) is -1.84. The van der Waals surface area contributed by atoms with Crippen molar-refractivity contribution in [2.75, 3.05) is 58.9 Å². The molecule has 4 N–H and O–H groups in total. The van der Waals surface area contributed by atoms with Crippen LogP contribution in [0.2, 0.25) is 0 Å². The molecule has 1 saturated carbocycles. The van der Waals surface area contributed by atoms with E-state index in [1.165, 1.54) is 0 Å². The Morgan fingerprint density at radius 3 is 1.39 bits per heavy atom. The number of aliphatic carboxylic acids is 2. The van der Waals surface area contributed by atoms with Crippen LogP contribution < -0.4 is 10.6 Å². The monoisotopic (exact) mass is 469 g/mol. The number of amides is 2. The maximum Gasteiger partial charge on any atom is 0.317 e. The lowest BCUT2D eigenvalue weighted by Gasteiger charge is -2.31. The van der Waals surface area contributed by atoms with Crippen LogP contribution in [-0.2, 0) is 19.2 Å². The maximum absolute atomic E-state index is 12.7. The predicted molar refractivity (Wildman–Crippen MR) is 122 cm³/mol. The minimum Gasteiger partial charge on any atom is -0.480 e. The molecule has 1 heterocycles. The first-order valence-corrected chi connectivity index (χ1v) is 11.9. The molecule has 1 aliphatic heterocycles.